The predicted octanol–water partition coefficient (Wildman–Crippen LogP) is 2.40. The zero-order chi connectivity index (χ0) is 9.84. The van der Waals surface area contributed by atoms with Gasteiger partial charge in [0.2, 0.25) is 0 Å². The molecule has 1 radical (unpaired) electrons. The van der Waals surface area contributed by atoms with E-state index < -0.39 is 0 Å². The van der Waals surface area contributed by atoms with Crippen LogP contribution in [0.2, 0.25) is 0 Å². The Bertz CT molecular complexity index is 312. The van der Waals surface area contributed by atoms with E-state index in [4.69, 9.17) is 11.9 Å². The van der Waals surface area contributed by atoms with Crippen LogP contribution in [0.1, 0.15) is 11.1 Å². The van der Waals surface area contributed by atoms with Crippen molar-refractivity contribution in [2.45, 2.75) is 13.8 Å². The van der Waals surface area contributed by atoms with Crippen LogP contribution in [-0.2, 0) is 20.4 Å². The molecule has 1 rings (SSSR count). The van der Waals surface area contributed by atoms with Crippen molar-refractivity contribution >= 4 is 0 Å². The molecule has 1 aromatic rings. The first-order chi connectivity index (χ1) is 6.19. The van der Waals surface area contributed by atoms with E-state index in [-0.39, 0.29) is 27.2 Å². The molecule has 0 bridgehead atoms. The maximum absolute atomic E-state index is 6.92. The number of ether oxygens (including phenoxy) is 1. The fourth-order valence-corrected chi connectivity index (χ4v) is 0.996. The molecule has 0 aromatic heterocycles. The van der Waals surface area contributed by atoms with Gasteiger partial charge in [0.05, 0.1) is 0 Å². The van der Waals surface area contributed by atoms with Gasteiger partial charge in [-0.25, -0.2) is 0 Å². The normalized spacial score (nSPS) is 9.21. The minimum atomic E-state index is -0.0959. The third-order valence-corrected chi connectivity index (χ3v) is 1.70. The van der Waals surface area contributed by atoms with Crippen LogP contribution in [0.25, 0.3) is 5.73 Å². The number of nitrogens with one attached hydrogen (secondary N) is 1. The second kappa shape index (κ2) is 5.98. The van der Waals surface area contributed by atoms with Crippen LogP contribution in [0.5, 0.6) is 11.5 Å². The molecule has 5 heteroatoms. The van der Waals surface area contributed by atoms with E-state index in [2.05, 4.69) is 5.11 Å². The molecule has 1 aromatic carbocycles. The number of aryl methyl sites for hydroxylation is 2. The molecule has 0 aliphatic carbocycles. The maximum Gasteiger partial charge on any atom is 0.293 e. The van der Waals surface area contributed by atoms with Crippen molar-refractivity contribution in [3.05, 3.63) is 29.0 Å². The first kappa shape index (κ1) is 12.4. The summed E-state index contributed by atoms with van der Waals surface area (Å²) in [5, 5.41) is 4.41. The number of phenolic OH excluding ortho intramolecular Hbond substituents is 1. The van der Waals surface area contributed by atoms with Gasteiger partial charge in [-0.3, -0.25) is 0 Å². The van der Waals surface area contributed by atoms with Crippen molar-refractivity contribution < 1.29 is 30.3 Å². The largest absolute Gasteiger partial charge is 0.644 e. The SMILES string of the molecule is [2H]Oc1cc(C)c(OC[NH-])cc1C.[Re].[Rf]. The van der Waals surface area contributed by atoms with Crippen molar-refractivity contribution in [3.63, 3.8) is 0 Å². The molecule has 0 saturated heterocycles. The number of aromatic hydroxyl groups is 1. The van der Waals surface area contributed by atoms with Crippen LogP contribution >= 0.6 is 0 Å². The number of rotatable bonds is 3. The molecule has 0 saturated carbocycles. The number of phenols is 1. The Hall–Kier alpha value is -1.56. The first-order valence-electron chi connectivity index (χ1n) is 4.11. The molecule has 0 fully saturated rings. The summed E-state index contributed by atoms with van der Waals surface area (Å²) in [7, 11) is 0. The van der Waals surface area contributed by atoms with Gasteiger partial charge >= 0.3 is 0 Å². The zero-order valence-corrected chi connectivity index (χ0v) is 17.4. The van der Waals surface area contributed by atoms with E-state index in [9.17, 15) is 0 Å². The second-order valence-electron chi connectivity index (χ2n) is 2.67. The van der Waals surface area contributed by atoms with Gasteiger partial charge in [-0.15, -0.1) is 0 Å². The smallest absolute Gasteiger partial charge is 0.293 e. The Morgan fingerprint density at radius 3 is 2.57 bits per heavy atom. The Morgan fingerprint density at radius 2 is 2.07 bits per heavy atom. The molecule has 14 heavy (non-hydrogen) atoms. The average molecular weight is 620 g/mol. The monoisotopic (exact) mass is 621 g/mol. The summed E-state index contributed by atoms with van der Waals surface area (Å²) in [5.41, 5.74) is 8.63. The van der Waals surface area contributed by atoms with Gasteiger partial charge < -0.3 is 15.6 Å². The molecule has 0 amide bonds. The van der Waals surface area contributed by atoms with Gasteiger partial charge in [-0.05, 0) is 43.8 Å². The number of hydrogen-bond donors (Lipinski definition) is 1. The summed E-state index contributed by atoms with van der Waals surface area (Å²) in [6, 6.07) is 3.50. The summed E-state index contributed by atoms with van der Waals surface area (Å²) in [4.78, 5) is 0. The van der Waals surface area contributed by atoms with Crippen molar-refractivity contribution in [1.82, 2.24) is 0 Å². The van der Waals surface area contributed by atoms with E-state index in [0.717, 1.165) is 11.1 Å². The quantitative estimate of drug-likeness (QED) is 0.565. The third-order valence-electron chi connectivity index (χ3n) is 1.70. The Balaban J connectivity index is 0. The molecule has 2 N–H and O–H groups in total. The van der Waals surface area contributed by atoms with Crippen LogP contribution in [-0.4, -0.2) is 13.3 Å². The van der Waals surface area contributed by atoms with Crippen LogP contribution in [0.3, 0.4) is 0 Å². The summed E-state index contributed by atoms with van der Waals surface area (Å²) < 4.78 is 11.8. The number of benzene rings is 1. The van der Waals surface area contributed by atoms with Crippen LogP contribution in [0, 0.1) is 13.8 Å². The topological polar surface area (TPSA) is 53.3 Å². The van der Waals surface area contributed by atoms with Crippen LogP contribution in [0.4, 0.5) is 0 Å². The first-order valence-corrected chi connectivity index (χ1v) is 3.71. The Kier molecular flexibility index (Phi) is 5.32. The van der Waals surface area contributed by atoms with Crippen LogP contribution in [0.15, 0.2) is 12.1 Å². The predicted molar refractivity (Wildman–Crippen MR) is 47.4 cm³/mol. The van der Waals surface area contributed by atoms with Gasteiger partial charge in [0.15, 0.2) is 0 Å². The molecule has 0 aliphatic heterocycles. The maximum atomic E-state index is 6.92. The Morgan fingerprint density at radius 1 is 1.43 bits per heavy atom. The Labute approximate surface area is 93.0 Å². The van der Waals surface area contributed by atoms with E-state index in [0.29, 0.717) is 11.5 Å². The van der Waals surface area contributed by atoms with Crippen molar-refractivity contribution in [2.75, 3.05) is 6.73 Å². The molecule has 3 nitrogen and oxygen atoms in total. The molecule has 0 aliphatic rings. The molecule has 0 heterocycles. The molecule has 0 atom stereocenters. The second-order valence-corrected chi connectivity index (χ2v) is 2.67. The molecular formula is C9H12NO2ReRf-. The summed E-state index contributed by atoms with van der Waals surface area (Å²) >= 11 is 0. The van der Waals surface area contributed by atoms with Gasteiger partial charge in [0.1, 0.15) is 11.5 Å². The van der Waals surface area contributed by atoms with Gasteiger partial charge in [0, 0.05) is 20.4 Å². The van der Waals surface area contributed by atoms with Crippen molar-refractivity contribution in [2.24, 2.45) is 0 Å². The van der Waals surface area contributed by atoms with Crippen molar-refractivity contribution in [3.8, 4) is 11.5 Å². The molecule has 0 spiro atoms. The number of hydrogen-bond acceptors (Lipinski definition) is 2. The fourth-order valence-electron chi connectivity index (χ4n) is 0.996. The minimum absolute atomic E-state index is 0. The summed E-state index contributed by atoms with van der Waals surface area (Å²) in [5.74, 6) is 1.20. The van der Waals surface area contributed by atoms with Gasteiger partial charge in [-0.2, -0.15) is 0 Å². The van der Waals surface area contributed by atoms with Crippen LogP contribution < -0.4 is 4.74 Å². The van der Waals surface area contributed by atoms with Gasteiger partial charge in [0.25, 0.3) is 1.43 Å². The standard InChI is InChI=1S/C9H12NO2.Re.Rf/c1-6-4-9(12-5-10)7(2)3-8(6)11;;/h3-4,10-11H,5H2,1-2H3;;/q-1;;/i/hD. The molecule has 75 valence electrons. The fraction of sp³-hybridized carbons (Fsp3) is 0.333. The van der Waals surface area contributed by atoms with E-state index in [1.165, 1.54) is 0 Å². The third kappa shape index (κ3) is 3.06. The average Bonchev–Trinajstić information content (AvgIpc) is 2.11. The molecular weight excluding hydrogens is 607 g/mol. The van der Waals surface area contributed by atoms with E-state index in [1.54, 1.807) is 12.1 Å². The molecule has 0 unspecified atom stereocenters. The van der Waals surface area contributed by atoms with Gasteiger partial charge in [-0.1, -0.05) is 0 Å². The zero-order valence-electron chi connectivity index (χ0n) is 9.26. The van der Waals surface area contributed by atoms with Crippen molar-refractivity contribution in [1.29, 1.82) is 1.43 Å². The van der Waals surface area contributed by atoms with E-state index >= 15 is 0 Å². The summed E-state index contributed by atoms with van der Waals surface area (Å²) in [6.07, 6.45) is 0. The minimum Gasteiger partial charge on any atom is -0.644 e. The van der Waals surface area contributed by atoms with E-state index in [1.807, 2.05) is 13.8 Å². The summed E-state index contributed by atoms with van der Waals surface area (Å²) in [6.45, 7) is 3.59.